The van der Waals surface area contributed by atoms with Crippen LogP contribution >= 0.6 is 0 Å². The molecule has 0 aliphatic heterocycles. The number of aromatic hydroxyl groups is 1. The van der Waals surface area contributed by atoms with Crippen LogP contribution in [0.25, 0.3) is 0 Å². The van der Waals surface area contributed by atoms with Crippen molar-refractivity contribution in [3.05, 3.63) is 36.4 Å². The number of carbonyl (C=O) groups is 2. The Hall–Kier alpha value is -2.50. The number of carboxylic acids is 1. The fourth-order valence-electron chi connectivity index (χ4n) is 1.69. The van der Waals surface area contributed by atoms with Gasteiger partial charge in [-0.05, 0) is 18.6 Å². The molecule has 0 spiro atoms. The highest BCUT2D eigenvalue weighted by atomic mass is 16.4. The molecule has 108 valence electrons. The predicted octanol–water partition coefficient (Wildman–Crippen LogP) is 2.52. The fraction of sp³-hybridized carbons (Fsp3) is 0.286. The Morgan fingerprint density at radius 3 is 2.65 bits per heavy atom. The Kier molecular flexibility index (Phi) is 5.58. The summed E-state index contributed by atoms with van der Waals surface area (Å²) in [6.07, 6.45) is 2.44. The van der Waals surface area contributed by atoms with Crippen molar-refractivity contribution in [3.8, 4) is 5.75 Å². The fourth-order valence-corrected chi connectivity index (χ4v) is 1.69. The van der Waals surface area contributed by atoms with Gasteiger partial charge < -0.3 is 20.4 Å². The first kappa shape index (κ1) is 15.6. The Bertz CT molecular complexity index is 514. The number of phenols is 1. The van der Waals surface area contributed by atoms with E-state index in [2.05, 4.69) is 11.9 Å². The second-order valence-electron chi connectivity index (χ2n) is 4.20. The number of urea groups is 1. The van der Waals surface area contributed by atoms with Crippen molar-refractivity contribution >= 4 is 17.7 Å². The summed E-state index contributed by atoms with van der Waals surface area (Å²) < 4.78 is 0. The van der Waals surface area contributed by atoms with E-state index in [1.807, 2.05) is 6.92 Å². The van der Waals surface area contributed by atoms with E-state index in [-0.39, 0.29) is 17.3 Å². The zero-order valence-corrected chi connectivity index (χ0v) is 11.3. The summed E-state index contributed by atoms with van der Waals surface area (Å²) in [6.45, 7) is 6.54. The molecule has 0 heterocycles. The second-order valence-corrected chi connectivity index (χ2v) is 4.20. The van der Waals surface area contributed by atoms with Gasteiger partial charge in [0.15, 0.2) is 0 Å². The first-order valence-electron chi connectivity index (χ1n) is 6.22. The van der Waals surface area contributed by atoms with Gasteiger partial charge in [0.2, 0.25) is 0 Å². The highest BCUT2D eigenvalue weighted by Crippen LogP contribution is 2.22. The van der Waals surface area contributed by atoms with Gasteiger partial charge in [-0.3, -0.25) is 0 Å². The molecule has 0 bridgehead atoms. The minimum absolute atomic E-state index is 0.209. The molecule has 1 aromatic carbocycles. The van der Waals surface area contributed by atoms with Crippen LogP contribution in [-0.4, -0.2) is 40.2 Å². The van der Waals surface area contributed by atoms with Crippen molar-refractivity contribution in [2.45, 2.75) is 13.3 Å². The molecule has 0 saturated heterocycles. The Balaban J connectivity index is 2.81. The topological polar surface area (TPSA) is 89.9 Å². The molecule has 1 rings (SSSR count). The summed E-state index contributed by atoms with van der Waals surface area (Å²) in [5, 5.41) is 21.0. The number of hydrogen-bond acceptors (Lipinski definition) is 3. The van der Waals surface area contributed by atoms with Crippen LogP contribution in [0.15, 0.2) is 30.9 Å². The van der Waals surface area contributed by atoms with Gasteiger partial charge in [-0.1, -0.05) is 13.0 Å². The van der Waals surface area contributed by atoms with Crippen LogP contribution in [0.1, 0.15) is 23.7 Å². The number of nitrogens with one attached hydrogen (secondary N) is 1. The van der Waals surface area contributed by atoms with Gasteiger partial charge in [-0.25, -0.2) is 9.59 Å². The van der Waals surface area contributed by atoms with Crippen LogP contribution < -0.4 is 5.32 Å². The van der Waals surface area contributed by atoms with E-state index in [4.69, 9.17) is 5.11 Å². The van der Waals surface area contributed by atoms with Gasteiger partial charge in [0.05, 0.1) is 0 Å². The Morgan fingerprint density at radius 2 is 2.15 bits per heavy atom. The van der Waals surface area contributed by atoms with Gasteiger partial charge in [0.25, 0.3) is 0 Å². The minimum atomic E-state index is -1.22. The Labute approximate surface area is 117 Å². The van der Waals surface area contributed by atoms with Crippen molar-refractivity contribution in [1.29, 1.82) is 0 Å². The van der Waals surface area contributed by atoms with E-state index in [1.54, 1.807) is 11.0 Å². The first-order valence-corrected chi connectivity index (χ1v) is 6.22. The monoisotopic (exact) mass is 278 g/mol. The molecule has 20 heavy (non-hydrogen) atoms. The van der Waals surface area contributed by atoms with Crippen LogP contribution in [-0.2, 0) is 0 Å². The van der Waals surface area contributed by atoms with Crippen LogP contribution in [0.2, 0.25) is 0 Å². The average Bonchev–Trinajstić information content (AvgIpc) is 2.38. The maximum absolute atomic E-state index is 12.0. The standard InChI is InChI=1S/C14H18N2O4/c1-3-7-16(8-4-2)14(20)15-10-5-6-11(13(18)19)12(17)9-10/h3,5-6,9,17H,1,4,7-8H2,2H3,(H,15,20)(H,18,19). The van der Waals surface area contributed by atoms with E-state index in [0.717, 1.165) is 6.42 Å². The average molecular weight is 278 g/mol. The largest absolute Gasteiger partial charge is 0.507 e. The second kappa shape index (κ2) is 7.18. The molecule has 0 saturated carbocycles. The molecular weight excluding hydrogens is 260 g/mol. The third kappa shape index (κ3) is 4.01. The van der Waals surface area contributed by atoms with Gasteiger partial charge in [-0.2, -0.15) is 0 Å². The van der Waals surface area contributed by atoms with Crippen LogP contribution in [0.5, 0.6) is 5.75 Å². The highest BCUT2D eigenvalue weighted by Gasteiger charge is 2.14. The third-order valence-corrected chi connectivity index (χ3v) is 2.61. The zero-order chi connectivity index (χ0) is 15.1. The minimum Gasteiger partial charge on any atom is -0.507 e. The van der Waals surface area contributed by atoms with Crippen molar-refractivity contribution in [2.24, 2.45) is 0 Å². The molecule has 0 atom stereocenters. The quantitative estimate of drug-likeness (QED) is 0.697. The number of anilines is 1. The summed E-state index contributed by atoms with van der Waals surface area (Å²) in [7, 11) is 0. The summed E-state index contributed by atoms with van der Waals surface area (Å²) in [5.41, 5.74) is 0.127. The third-order valence-electron chi connectivity index (χ3n) is 2.61. The lowest BCUT2D eigenvalue weighted by atomic mass is 10.2. The molecule has 3 N–H and O–H groups in total. The lowest BCUT2D eigenvalue weighted by Gasteiger charge is -2.21. The maximum atomic E-state index is 12.0. The first-order chi connectivity index (χ1) is 9.49. The van der Waals surface area contributed by atoms with Crippen molar-refractivity contribution in [2.75, 3.05) is 18.4 Å². The summed E-state index contributed by atoms with van der Waals surface area (Å²) in [4.78, 5) is 24.3. The van der Waals surface area contributed by atoms with Gasteiger partial charge >= 0.3 is 12.0 Å². The lowest BCUT2D eigenvalue weighted by Crippen LogP contribution is -2.35. The van der Waals surface area contributed by atoms with Crippen LogP contribution in [0.3, 0.4) is 0 Å². The van der Waals surface area contributed by atoms with E-state index in [1.165, 1.54) is 18.2 Å². The molecule has 6 nitrogen and oxygen atoms in total. The number of nitrogens with zero attached hydrogens (tertiary/aromatic N) is 1. The van der Waals surface area contributed by atoms with E-state index in [9.17, 15) is 14.7 Å². The number of benzene rings is 1. The SMILES string of the molecule is C=CCN(CCC)C(=O)Nc1ccc(C(=O)O)c(O)c1. The van der Waals surface area contributed by atoms with E-state index in [0.29, 0.717) is 18.8 Å². The summed E-state index contributed by atoms with van der Waals surface area (Å²) in [6, 6.07) is 3.55. The summed E-state index contributed by atoms with van der Waals surface area (Å²) in [5.74, 6) is -1.61. The van der Waals surface area contributed by atoms with Gasteiger partial charge in [0.1, 0.15) is 11.3 Å². The molecular formula is C14H18N2O4. The van der Waals surface area contributed by atoms with Crippen molar-refractivity contribution in [3.63, 3.8) is 0 Å². The number of carboxylic acid groups (broad SMARTS) is 1. The number of hydrogen-bond donors (Lipinski definition) is 3. The van der Waals surface area contributed by atoms with Gasteiger partial charge in [0, 0.05) is 24.8 Å². The summed E-state index contributed by atoms with van der Waals surface area (Å²) >= 11 is 0. The molecule has 1 aromatic rings. The normalized spacial score (nSPS) is 9.85. The predicted molar refractivity (Wildman–Crippen MR) is 76.1 cm³/mol. The molecule has 6 heteroatoms. The maximum Gasteiger partial charge on any atom is 0.339 e. The van der Waals surface area contributed by atoms with Crippen molar-refractivity contribution < 1.29 is 19.8 Å². The molecule has 2 amide bonds. The number of rotatable bonds is 6. The molecule has 0 unspecified atom stereocenters. The molecule has 0 aromatic heterocycles. The zero-order valence-electron chi connectivity index (χ0n) is 11.3. The molecule has 0 radical (unpaired) electrons. The smallest absolute Gasteiger partial charge is 0.339 e. The van der Waals surface area contributed by atoms with Crippen LogP contribution in [0.4, 0.5) is 10.5 Å². The van der Waals surface area contributed by atoms with E-state index >= 15 is 0 Å². The van der Waals surface area contributed by atoms with Gasteiger partial charge in [-0.15, -0.1) is 6.58 Å². The number of aromatic carboxylic acids is 1. The Morgan fingerprint density at radius 1 is 1.45 bits per heavy atom. The molecule has 0 aliphatic carbocycles. The van der Waals surface area contributed by atoms with E-state index < -0.39 is 5.97 Å². The number of carbonyl (C=O) groups excluding carboxylic acids is 1. The highest BCUT2D eigenvalue weighted by molar-refractivity contribution is 5.94. The van der Waals surface area contributed by atoms with Crippen molar-refractivity contribution in [1.82, 2.24) is 4.90 Å². The molecule has 0 aliphatic rings. The van der Waals surface area contributed by atoms with Crippen LogP contribution in [0, 0.1) is 0 Å². The molecule has 0 fully saturated rings. The lowest BCUT2D eigenvalue weighted by molar-refractivity contribution is 0.0694. The number of amides is 2.